The molecule has 156 valence electrons. The van der Waals surface area contributed by atoms with E-state index in [1.807, 2.05) is 60.7 Å². The number of benzene rings is 2. The van der Waals surface area contributed by atoms with Gasteiger partial charge in [-0.3, -0.25) is 4.79 Å². The quantitative estimate of drug-likeness (QED) is 0.497. The number of nitrogens with zero attached hydrogens (tertiary/aromatic N) is 3. The van der Waals surface area contributed by atoms with Gasteiger partial charge in [0.05, 0.1) is 5.92 Å². The van der Waals surface area contributed by atoms with E-state index in [4.69, 9.17) is 5.11 Å². The minimum atomic E-state index is -0.747. The molecular formula is C24H27N3O3. The molecule has 1 heterocycles. The van der Waals surface area contributed by atoms with Crippen LogP contribution in [0.5, 0.6) is 0 Å². The number of rotatable bonds is 10. The number of hydrogen-bond donors (Lipinski definition) is 1. The fraction of sp³-hybridized carbons (Fsp3) is 0.333. The molecule has 1 N–H and O–H groups in total. The summed E-state index contributed by atoms with van der Waals surface area (Å²) in [5.41, 5.74) is 2.70. The fourth-order valence-corrected chi connectivity index (χ4v) is 3.34. The second-order valence-electron chi connectivity index (χ2n) is 7.49. The summed E-state index contributed by atoms with van der Waals surface area (Å²) in [4.78, 5) is 27.8. The first kappa shape index (κ1) is 21.4. The average molecular weight is 405 g/mol. The highest BCUT2D eigenvalue weighted by Gasteiger charge is 2.14. The SMILES string of the molecule is CC(CCCCCCn1nc(-c2ccccc2)c(-c2ccccc2)nc1=O)C(=O)O. The zero-order valence-corrected chi connectivity index (χ0v) is 17.2. The molecule has 30 heavy (non-hydrogen) atoms. The first-order valence-electron chi connectivity index (χ1n) is 10.4. The third-order valence-electron chi connectivity index (χ3n) is 5.15. The van der Waals surface area contributed by atoms with Gasteiger partial charge in [-0.05, 0) is 12.8 Å². The fourth-order valence-electron chi connectivity index (χ4n) is 3.34. The van der Waals surface area contributed by atoms with E-state index in [0.717, 1.165) is 36.8 Å². The number of aliphatic carboxylic acids is 1. The number of unbranched alkanes of at least 4 members (excludes halogenated alkanes) is 3. The topological polar surface area (TPSA) is 85.1 Å². The third kappa shape index (κ3) is 5.63. The van der Waals surface area contributed by atoms with Crippen molar-refractivity contribution < 1.29 is 9.90 Å². The van der Waals surface area contributed by atoms with Gasteiger partial charge >= 0.3 is 11.7 Å². The van der Waals surface area contributed by atoms with Gasteiger partial charge in [0.25, 0.3) is 0 Å². The number of carboxylic acids is 1. The van der Waals surface area contributed by atoms with Gasteiger partial charge in [0, 0.05) is 17.7 Å². The van der Waals surface area contributed by atoms with E-state index in [-0.39, 0.29) is 11.6 Å². The smallest absolute Gasteiger partial charge is 0.364 e. The van der Waals surface area contributed by atoms with Crippen LogP contribution >= 0.6 is 0 Å². The predicted octanol–water partition coefficient (Wildman–Crippen LogP) is 4.64. The summed E-state index contributed by atoms with van der Waals surface area (Å²) in [5.74, 6) is -1.05. The largest absolute Gasteiger partial charge is 0.481 e. The van der Waals surface area contributed by atoms with Gasteiger partial charge < -0.3 is 5.11 Å². The lowest BCUT2D eigenvalue weighted by molar-refractivity contribution is -0.141. The van der Waals surface area contributed by atoms with Crippen molar-refractivity contribution in [2.45, 2.75) is 45.6 Å². The van der Waals surface area contributed by atoms with E-state index >= 15 is 0 Å². The van der Waals surface area contributed by atoms with E-state index in [1.165, 1.54) is 4.68 Å². The molecule has 0 saturated carbocycles. The number of aromatic nitrogens is 3. The van der Waals surface area contributed by atoms with Crippen molar-refractivity contribution in [2.75, 3.05) is 0 Å². The monoisotopic (exact) mass is 405 g/mol. The summed E-state index contributed by atoms with van der Waals surface area (Å²) < 4.78 is 1.44. The maximum atomic E-state index is 12.6. The van der Waals surface area contributed by atoms with Gasteiger partial charge in [-0.25, -0.2) is 9.48 Å². The summed E-state index contributed by atoms with van der Waals surface area (Å²) >= 11 is 0. The Labute approximate surface area is 176 Å². The highest BCUT2D eigenvalue weighted by Crippen LogP contribution is 2.27. The molecule has 6 heteroatoms. The second-order valence-corrected chi connectivity index (χ2v) is 7.49. The molecule has 0 aliphatic carbocycles. The normalized spacial score (nSPS) is 11.9. The summed E-state index contributed by atoms with van der Waals surface area (Å²) in [6.07, 6.45) is 4.21. The molecule has 6 nitrogen and oxygen atoms in total. The Bertz CT molecular complexity index is 1020. The molecule has 0 fully saturated rings. The molecule has 3 aromatic rings. The molecule has 3 rings (SSSR count). The van der Waals surface area contributed by atoms with E-state index in [2.05, 4.69) is 10.1 Å². The maximum Gasteiger partial charge on any atom is 0.364 e. The Morgan fingerprint density at radius 1 is 0.900 bits per heavy atom. The van der Waals surface area contributed by atoms with E-state index in [1.54, 1.807) is 6.92 Å². The lowest BCUT2D eigenvalue weighted by Gasteiger charge is -2.12. The van der Waals surface area contributed by atoms with Crippen molar-refractivity contribution >= 4 is 5.97 Å². The van der Waals surface area contributed by atoms with Crippen LogP contribution in [-0.2, 0) is 11.3 Å². The average Bonchev–Trinajstić information content (AvgIpc) is 2.77. The van der Waals surface area contributed by atoms with Crippen molar-refractivity contribution in [1.82, 2.24) is 14.8 Å². The number of aryl methyl sites for hydroxylation is 1. The third-order valence-corrected chi connectivity index (χ3v) is 5.15. The molecule has 0 aliphatic rings. The van der Waals surface area contributed by atoms with Gasteiger partial charge in [0.2, 0.25) is 0 Å². The minimum absolute atomic E-state index is 0.308. The lowest BCUT2D eigenvalue weighted by atomic mass is 10.0. The van der Waals surface area contributed by atoms with Crippen LogP contribution in [0.1, 0.15) is 39.0 Å². The van der Waals surface area contributed by atoms with E-state index in [9.17, 15) is 9.59 Å². The van der Waals surface area contributed by atoms with Gasteiger partial charge in [0.15, 0.2) is 0 Å². The molecule has 0 aliphatic heterocycles. The van der Waals surface area contributed by atoms with Crippen LogP contribution in [-0.4, -0.2) is 25.8 Å². The molecule has 1 aromatic heterocycles. The number of carboxylic acid groups (broad SMARTS) is 1. The summed E-state index contributed by atoms with van der Waals surface area (Å²) in [5, 5.41) is 13.6. The van der Waals surface area contributed by atoms with Crippen molar-refractivity contribution in [3.8, 4) is 22.5 Å². The van der Waals surface area contributed by atoms with Gasteiger partial charge in [-0.1, -0.05) is 86.8 Å². The molecule has 1 atom stereocenters. The molecule has 1 unspecified atom stereocenters. The van der Waals surface area contributed by atoms with Crippen molar-refractivity contribution in [3.05, 3.63) is 71.1 Å². The van der Waals surface area contributed by atoms with Crippen LogP contribution < -0.4 is 5.69 Å². The molecule has 2 aromatic carbocycles. The highest BCUT2D eigenvalue weighted by molar-refractivity contribution is 5.77. The lowest BCUT2D eigenvalue weighted by Crippen LogP contribution is -2.27. The van der Waals surface area contributed by atoms with Gasteiger partial charge in [0.1, 0.15) is 11.4 Å². The van der Waals surface area contributed by atoms with Crippen molar-refractivity contribution in [1.29, 1.82) is 0 Å². The Morgan fingerprint density at radius 2 is 1.47 bits per heavy atom. The van der Waals surface area contributed by atoms with Crippen LogP contribution in [0.3, 0.4) is 0 Å². The molecule has 0 spiro atoms. The zero-order valence-electron chi connectivity index (χ0n) is 17.2. The van der Waals surface area contributed by atoms with Gasteiger partial charge in [-0.15, -0.1) is 0 Å². The minimum Gasteiger partial charge on any atom is -0.481 e. The maximum absolute atomic E-state index is 12.6. The Balaban J connectivity index is 1.73. The van der Waals surface area contributed by atoms with Crippen LogP contribution in [0.25, 0.3) is 22.5 Å². The van der Waals surface area contributed by atoms with Crippen LogP contribution in [0.15, 0.2) is 65.5 Å². The summed E-state index contributed by atoms with van der Waals surface area (Å²) in [6.45, 7) is 2.23. The zero-order chi connectivity index (χ0) is 21.3. The molecule has 0 amide bonds. The van der Waals surface area contributed by atoms with Gasteiger partial charge in [-0.2, -0.15) is 10.1 Å². The van der Waals surface area contributed by atoms with Crippen LogP contribution in [0.2, 0.25) is 0 Å². The standard InChI is InChI=1S/C24H27N3O3/c1-18(23(28)29)12-6-2-3-11-17-27-24(30)25-21(19-13-7-4-8-14-19)22(26-27)20-15-9-5-10-16-20/h4-5,7-10,13-16,18H,2-3,6,11-12,17H2,1H3,(H,28,29). The molecule has 0 radical (unpaired) electrons. The molecular weight excluding hydrogens is 378 g/mol. The van der Waals surface area contributed by atoms with E-state index < -0.39 is 5.97 Å². The van der Waals surface area contributed by atoms with E-state index in [0.29, 0.717) is 24.4 Å². The van der Waals surface area contributed by atoms with Crippen LogP contribution in [0.4, 0.5) is 0 Å². The Hall–Kier alpha value is -3.28. The second kappa shape index (κ2) is 10.5. The predicted molar refractivity (Wildman–Crippen MR) is 117 cm³/mol. The molecule has 0 saturated heterocycles. The first-order valence-corrected chi connectivity index (χ1v) is 10.4. The van der Waals surface area contributed by atoms with Crippen molar-refractivity contribution in [2.24, 2.45) is 5.92 Å². The number of hydrogen-bond acceptors (Lipinski definition) is 4. The van der Waals surface area contributed by atoms with Crippen molar-refractivity contribution in [3.63, 3.8) is 0 Å². The van der Waals surface area contributed by atoms with Crippen LogP contribution in [0, 0.1) is 5.92 Å². The summed E-state index contributed by atoms with van der Waals surface area (Å²) in [7, 11) is 0. The Morgan fingerprint density at radius 3 is 2.07 bits per heavy atom. The number of carbonyl (C=O) groups is 1. The molecule has 0 bridgehead atoms. The highest BCUT2D eigenvalue weighted by atomic mass is 16.4. The summed E-state index contributed by atoms with van der Waals surface area (Å²) in [6, 6.07) is 19.4. The first-order chi connectivity index (χ1) is 14.6. The Kier molecular flexibility index (Phi) is 7.49.